The van der Waals surface area contributed by atoms with Gasteiger partial charge in [0.15, 0.2) is 0 Å². The van der Waals surface area contributed by atoms with E-state index in [2.05, 4.69) is 22.8 Å². The Morgan fingerprint density at radius 2 is 1.78 bits per heavy atom. The Labute approximate surface area is 222 Å². The van der Waals surface area contributed by atoms with E-state index < -0.39 is 6.04 Å². The average Bonchev–Trinajstić information content (AvgIpc) is 3.41. The summed E-state index contributed by atoms with van der Waals surface area (Å²) < 4.78 is 0. The zero-order valence-electron chi connectivity index (χ0n) is 22.8. The molecule has 3 amide bonds. The van der Waals surface area contributed by atoms with E-state index in [4.69, 9.17) is 5.73 Å². The number of nitrogens with two attached hydrogens (primary N) is 1. The van der Waals surface area contributed by atoms with Crippen molar-refractivity contribution in [1.29, 1.82) is 0 Å². The molecule has 8 nitrogen and oxygen atoms in total. The number of carbonyl (C=O) groups excluding carboxylic acids is 3. The highest BCUT2D eigenvalue weighted by Gasteiger charge is 2.36. The number of hydrogen-bond donors (Lipinski definition) is 3. The van der Waals surface area contributed by atoms with Gasteiger partial charge < -0.3 is 26.2 Å². The van der Waals surface area contributed by atoms with Crippen LogP contribution in [-0.4, -0.2) is 78.9 Å². The summed E-state index contributed by atoms with van der Waals surface area (Å²) in [5.74, 6) is 0.318. The Morgan fingerprint density at radius 1 is 1.05 bits per heavy atom. The third-order valence-electron chi connectivity index (χ3n) is 8.17. The summed E-state index contributed by atoms with van der Waals surface area (Å²) in [5.41, 5.74) is 6.90. The van der Waals surface area contributed by atoms with Crippen molar-refractivity contribution in [1.82, 2.24) is 20.4 Å². The fourth-order valence-electron chi connectivity index (χ4n) is 5.74. The van der Waals surface area contributed by atoms with E-state index in [-0.39, 0.29) is 36.3 Å². The monoisotopic (exact) mass is 513 g/mol. The number of hydrogen-bond acceptors (Lipinski definition) is 5. The maximum atomic E-state index is 13.8. The van der Waals surface area contributed by atoms with Gasteiger partial charge >= 0.3 is 0 Å². The van der Waals surface area contributed by atoms with Crippen molar-refractivity contribution in [3.05, 3.63) is 35.9 Å². The summed E-state index contributed by atoms with van der Waals surface area (Å²) in [4.78, 5) is 42.9. The smallest absolute Gasteiger partial charge is 0.245 e. The van der Waals surface area contributed by atoms with Gasteiger partial charge in [0.25, 0.3) is 0 Å². The molecule has 1 aromatic rings. The van der Waals surface area contributed by atoms with Crippen LogP contribution in [0.5, 0.6) is 0 Å². The van der Waals surface area contributed by atoms with Crippen LogP contribution in [0.4, 0.5) is 0 Å². The normalized spacial score (nSPS) is 19.9. The quantitative estimate of drug-likeness (QED) is 0.376. The van der Waals surface area contributed by atoms with Gasteiger partial charge in [0.05, 0.1) is 12.6 Å². The van der Waals surface area contributed by atoms with Crippen LogP contribution in [0.3, 0.4) is 0 Å². The van der Waals surface area contributed by atoms with E-state index in [0.717, 1.165) is 38.5 Å². The number of likely N-dealkylation sites (N-methyl/N-ethyl adjacent to an activating group) is 1. The van der Waals surface area contributed by atoms with Crippen LogP contribution in [0, 0.1) is 5.92 Å². The second-order valence-electron chi connectivity index (χ2n) is 10.7. The third-order valence-corrected chi connectivity index (χ3v) is 8.17. The largest absolute Gasteiger partial charge is 0.343 e. The van der Waals surface area contributed by atoms with Gasteiger partial charge in [-0.15, -0.1) is 0 Å². The zero-order chi connectivity index (χ0) is 26.6. The second-order valence-corrected chi connectivity index (χ2v) is 10.7. The predicted molar refractivity (Wildman–Crippen MR) is 147 cm³/mol. The number of nitrogens with zero attached hydrogens (tertiary/aromatic N) is 2. The average molecular weight is 514 g/mol. The molecule has 1 aromatic carbocycles. The van der Waals surface area contributed by atoms with Gasteiger partial charge in [0.2, 0.25) is 17.7 Å². The van der Waals surface area contributed by atoms with Gasteiger partial charge in [0.1, 0.15) is 6.04 Å². The first-order valence-corrected chi connectivity index (χ1v) is 14.2. The zero-order valence-corrected chi connectivity index (χ0v) is 22.8. The highest BCUT2D eigenvalue weighted by atomic mass is 16.2. The molecule has 1 aliphatic heterocycles. The molecule has 37 heavy (non-hydrogen) atoms. The van der Waals surface area contributed by atoms with Gasteiger partial charge in [-0.2, -0.15) is 0 Å². The lowest BCUT2D eigenvalue weighted by Gasteiger charge is -2.33. The summed E-state index contributed by atoms with van der Waals surface area (Å²) in [7, 11) is 1.75. The standard InChI is InChI=1S/C29H47N5O3/c1-22(31-2)28(36)32-26(20-24-12-7-4-8-13-24)29(37)34-17-9-14-25(34)16-19-33(27(35)21-30)18-15-23-10-5-3-6-11-23/h3,5-6,10-11,22,24-26,31H,4,7-9,12-21,30H2,1-2H3,(H,32,36)/t22-,25-,26-/m0/s1. The van der Waals surface area contributed by atoms with E-state index in [0.29, 0.717) is 32.0 Å². The van der Waals surface area contributed by atoms with Gasteiger partial charge in [-0.05, 0) is 57.6 Å². The molecule has 1 saturated carbocycles. The first-order chi connectivity index (χ1) is 17.9. The molecule has 1 heterocycles. The minimum Gasteiger partial charge on any atom is -0.343 e. The molecule has 8 heteroatoms. The van der Waals surface area contributed by atoms with Gasteiger partial charge in [-0.1, -0.05) is 62.4 Å². The molecule has 0 aromatic heterocycles. The van der Waals surface area contributed by atoms with Crippen LogP contribution < -0.4 is 16.4 Å². The number of carbonyl (C=O) groups is 3. The van der Waals surface area contributed by atoms with E-state index in [9.17, 15) is 14.4 Å². The van der Waals surface area contributed by atoms with Crippen molar-refractivity contribution < 1.29 is 14.4 Å². The highest BCUT2D eigenvalue weighted by molar-refractivity contribution is 5.90. The Bertz CT molecular complexity index is 858. The molecule has 3 rings (SSSR count). The highest BCUT2D eigenvalue weighted by Crippen LogP contribution is 2.29. The Balaban J connectivity index is 1.63. The lowest BCUT2D eigenvalue weighted by Crippen LogP contribution is -2.54. The Morgan fingerprint density at radius 3 is 2.46 bits per heavy atom. The summed E-state index contributed by atoms with van der Waals surface area (Å²) >= 11 is 0. The molecule has 0 unspecified atom stereocenters. The van der Waals surface area contributed by atoms with E-state index >= 15 is 0 Å². The Hall–Kier alpha value is -2.45. The van der Waals surface area contributed by atoms with Gasteiger partial charge in [0, 0.05) is 25.7 Å². The summed E-state index contributed by atoms with van der Waals surface area (Å²) in [6, 6.07) is 9.36. The topological polar surface area (TPSA) is 108 Å². The van der Waals surface area contributed by atoms with Crippen LogP contribution in [0.2, 0.25) is 0 Å². The van der Waals surface area contributed by atoms with Crippen molar-refractivity contribution in [2.75, 3.05) is 33.2 Å². The van der Waals surface area contributed by atoms with Crippen molar-refractivity contribution in [3.8, 4) is 0 Å². The molecule has 0 bridgehead atoms. The molecule has 4 N–H and O–H groups in total. The van der Waals surface area contributed by atoms with E-state index in [1.165, 1.54) is 24.8 Å². The molecule has 1 aliphatic carbocycles. The van der Waals surface area contributed by atoms with Crippen molar-refractivity contribution >= 4 is 17.7 Å². The summed E-state index contributed by atoms with van der Waals surface area (Å²) in [5, 5.41) is 6.05. The third kappa shape index (κ3) is 8.82. The SMILES string of the molecule is CN[C@@H](C)C(=O)N[C@@H](CC1CCCCC1)C(=O)N1CCC[C@H]1CCN(CCc1ccccc1)C(=O)CN. The Kier molecular flexibility index (Phi) is 11.9. The van der Waals surface area contributed by atoms with Crippen LogP contribution in [0.25, 0.3) is 0 Å². The lowest BCUT2D eigenvalue weighted by molar-refractivity contribution is -0.138. The molecule has 0 spiro atoms. The van der Waals surface area contributed by atoms with E-state index in [1.807, 2.05) is 34.9 Å². The van der Waals surface area contributed by atoms with Crippen molar-refractivity contribution in [2.45, 2.75) is 89.3 Å². The summed E-state index contributed by atoms with van der Waals surface area (Å²) in [6.07, 6.45) is 9.99. The molecule has 2 aliphatic rings. The van der Waals surface area contributed by atoms with Crippen LogP contribution in [0.15, 0.2) is 30.3 Å². The van der Waals surface area contributed by atoms with Crippen molar-refractivity contribution in [2.24, 2.45) is 11.7 Å². The lowest BCUT2D eigenvalue weighted by atomic mass is 9.84. The minimum atomic E-state index is -0.494. The fraction of sp³-hybridized carbons (Fsp3) is 0.690. The van der Waals surface area contributed by atoms with Crippen molar-refractivity contribution in [3.63, 3.8) is 0 Å². The first kappa shape index (κ1) is 29.1. The first-order valence-electron chi connectivity index (χ1n) is 14.2. The molecule has 2 fully saturated rings. The predicted octanol–water partition coefficient (Wildman–Crippen LogP) is 2.46. The molecule has 1 saturated heterocycles. The number of likely N-dealkylation sites (tertiary alicyclic amines) is 1. The van der Waals surface area contributed by atoms with E-state index in [1.54, 1.807) is 7.05 Å². The molecule has 206 valence electrons. The minimum absolute atomic E-state index is 0.0127. The maximum Gasteiger partial charge on any atom is 0.245 e. The maximum absolute atomic E-state index is 13.8. The second kappa shape index (κ2) is 15.1. The molecular weight excluding hydrogens is 466 g/mol. The molecule has 3 atom stereocenters. The molecular formula is C29H47N5O3. The van der Waals surface area contributed by atoms with Crippen LogP contribution in [0.1, 0.15) is 70.3 Å². The van der Waals surface area contributed by atoms with Gasteiger partial charge in [-0.25, -0.2) is 0 Å². The van der Waals surface area contributed by atoms with Gasteiger partial charge in [-0.3, -0.25) is 14.4 Å². The van der Waals surface area contributed by atoms with Crippen LogP contribution in [-0.2, 0) is 20.8 Å². The number of nitrogens with one attached hydrogen (secondary N) is 2. The van der Waals surface area contributed by atoms with Crippen LogP contribution >= 0.6 is 0 Å². The fourth-order valence-corrected chi connectivity index (χ4v) is 5.74. The summed E-state index contributed by atoms with van der Waals surface area (Å²) in [6.45, 7) is 3.70. The number of benzene rings is 1. The molecule has 0 radical (unpaired) electrons. The number of rotatable bonds is 13. The number of amides is 3.